The second-order valence-electron chi connectivity index (χ2n) is 7.95. The zero-order valence-corrected chi connectivity index (χ0v) is 18.6. The van der Waals surface area contributed by atoms with Crippen molar-refractivity contribution in [3.8, 4) is 0 Å². The predicted octanol–water partition coefficient (Wildman–Crippen LogP) is 5.95. The summed E-state index contributed by atoms with van der Waals surface area (Å²) in [6.45, 7) is 2.13. The molecule has 0 spiro atoms. The van der Waals surface area contributed by atoms with Crippen LogP contribution in [0.1, 0.15) is 107 Å². The summed E-state index contributed by atoms with van der Waals surface area (Å²) in [5.41, 5.74) is 1.12. The summed E-state index contributed by atoms with van der Waals surface area (Å²) in [5.74, 6) is -0.325. The molecule has 0 unspecified atom stereocenters. The van der Waals surface area contributed by atoms with E-state index in [4.69, 9.17) is 0 Å². The third-order valence-electron chi connectivity index (χ3n) is 5.26. The van der Waals surface area contributed by atoms with E-state index in [1.54, 1.807) is 30.6 Å². The second-order valence-corrected chi connectivity index (χ2v) is 7.95. The van der Waals surface area contributed by atoms with Crippen LogP contribution in [-0.2, 0) is 9.59 Å². The SMILES string of the molecule is CCCCCCCCCCCCCCCC(=O)Nc1ccc(C(=O)NC[C]=O)cc1. The molecule has 1 rings (SSSR count). The molecule has 0 saturated carbocycles. The zero-order chi connectivity index (χ0) is 21.9. The van der Waals surface area contributed by atoms with E-state index >= 15 is 0 Å². The highest BCUT2D eigenvalue weighted by Crippen LogP contribution is 2.14. The average Bonchev–Trinajstić information content (AvgIpc) is 2.75. The highest BCUT2D eigenvalue weighted by molar-refractivity contribution is 5.96. The van der Waals surface area contributed by atoms with E-state index in [2.05, 4.69) is 17.6 Å². The van der Waals surface area contributed by atoms with Crippen LogP contribution in [-0.4, -0.2) is 24.6 Å². The van der Waals surface area contributed by atoms with E-state index in [9.17, 15) is 14.4 Å². The Kier molecular flexibility index (Phi) is 15.2. The van der Waals surface area contributed by atoms with Crippen LogP contribution in [0.5, 0.6) is 0 Å². The normalized spacial score (nSPS) is 10.6. The molecular formula is C25H39N2O3. The van der Waals surface area contributed by atoms with Gasteiger partial charge >= 0.3 is 0 Å². The number of hydrogen-bond acceptors (Lipinski definition) is 3. The van der Waals surface area contributed by atoms with Gasteiger partial charge in [0, 0.05) is 17.7 Å². The lowest BCUT2D eigenvalue weighted by Gasteiger charge is -2.07. The number of anilines is 1. The fraction of sp³-hybridized carbons (Fsp3) is 0.640. The molecule has 0 aromatic heterocycles. The van der Waals surface area contributed by atoms with E-state index in [0.717, 1.165) is 12.8 Å². The Bertz CT molecular complexity index is 599. The van der Waals surface area contributed by atoms with Gasteiger partial charge in [0.2, 0.25) is 12.2 Å². The molecule has 0 heterocycles. The molecule has 0 saturated heterocycles. The molecule has 5 heteroatoms. The fourth-order valence-electron chi connectivity index (χ4n) is 3.45. The summed E-state index contributed by atoms with van der Waals surface area (Å²) < 4.78 is 0. The molecule has 0 bridgehead atoms. The highest BCUT2D eigenvalue weighted by Gasteiger charge is 2.06. The molecule has 2 amide bonds. The molecule has 0 aliphatic carbocycles. The van der Waals surface area contributed by atoms with Gasteiger partial charge in [-0.2, -0.15) is 0 Å². The van der Waals surface area contributed by atoms with Crippen LogP contribution in [0.2, 0.25) is 0 Å². The lowest BCUT2D eigenvalue weighted by molar-refractivity contribution is -0.116. The Labute approximate surface area is 182 Å². The van der Waals surface area contributed by atoms with Crippen LogP contribution < -0.4 is 10.6 Å². The van der Waals surface area contributed by atoms with Gasteiger partial charge in [-0.25, -0.2) is 0 Å². The first-order valence-electron chi connectivity index (χ1n) is 11.7. The zero-order valence-electron chi connectivity index (χ0n) is 18.6. The van der Waals surface area contributed by atoms with Crippen molar-refractivity contribution in [1.82, 2.24) is 5.32 Å². The number of nitrogens with one attached hydrogen (secondary N) is 2. The minimum atomic E-state index is -0.330. The number of carbonyl (C=O) groups excluding carboxylic acids is 3. The van der Waals surface area contributed by atoms with E-state index < -0.39 is 0 Å². The summed E-state index contributed by atoms with van der Waals surface area (Å²) in [4.78, 5) is 33.9. The maximum Gasteiger partial charge on any atom is 0.251 e. The standard InChI is InChI=1S/C25H39N2O3/c1-2-3-4-5-6-7-8-9-10-11-12-13-14-15-24(29)27-23-18-16-22(17-19-23)25(30)26-20-21-28/h16-19H,2-15,20H2,1H3,(H,26,30)(H,27,29). The maximum absolute atomic E-state index is 12.0. The van der Waals surface area contributed by atoms with Crippen LogP contribution in [0.3, 0.4) is 0 Å². The molecule has 5 nitrogen and oxygen atoms in total. The molecule has 1 aromatic carbocycles. The minimum absolute atomic E-state index is 0.00540. The van der Waals surface area contributed by atoms with Crippen molar-refractivity contribution in [3.05, 3.63) is 29.8 Å². The first kappa shape index (κ1) is 25.9. The van der Waals surface area contributed by atoms with Crippen molar-refractivity contribution in [3.63, 3.8) is 0 Å². The van der Waals surface area contributed by atoms with Gasteiger partial charge in [-0.05, 0) is 30.7 Å². The van der Waals surface area contributed by atoms with E-state index in [1.165, 1.54) is 70.6 Å². The lowest BCUT2D eigenvalue weighted by Crippen LogP contribution is -2.25. The smallest absolute Gasteiger partial charge is 0.251 e. The molecule has 0 aliphatic heterocycles. The molecule has 0 atom stereocenters. The van der Waals surface area contributed by atoms with Crippen molar-refractivity contribution in [2.75, 3.05) is 11.9 Å². The molecule has 2 N–H and O–H groups in total. The largest absolute Gasteiger partial charge is 0.344 e. The van der Waals surface area contributed by atoms with E-state index in [1.807, 2.05) is 0 Å². The summed E-state index contributed by atoms with van der Waals surface area (Å²) >= 11 is 0. The Hall–Kier alpha value is -2.17. The van der Waals surface area contributed by atoms with E-state index in [-0.39, 0.29) is 18.4 Å². The number of unbranched alkanes of at least 4 members (excludes halogenated alkanes) is 12. The molecule has 1 radical (unpaired) electrons. The number of rotatable bonds is 18. The maximum atomic E-state index is 12.0. The quantitative estimate of drug-likeness (QED) is 0.291. The van der Waals surface area contributed by atoms with Crippen molar-refractivity contribution in [2.24, 2.45) is 0 Å². The minimum Gasteiger partial charge on any atom is -0.344 e. The average molecular weight is 416 g/mol. The monoisotopic (exact) mass is 415 g/mol. The third kappa shape index (κ3) is 13.1. The Morgan fingerprint density at radius 2 is 1.27 bits per heavy atom. The molecule has 167 valence electrons. The number of amides is 2. The first-order valence-corrected chi connectivity index (χ1v) is 11.7. The van der Waals surface area contributed by atoms with E-state index in [0.29, 0.717) is 17.7 Å². The van der Waals surface area contributed by atoms with Crippen molar-refractivity contribution in [2.45, 2.75) is 96.8 Å². The predicted molar refractivity (Wildman–Crippen MR) is 123 cm³/mol. The van der Waals surface area contributed by atoms with Gasteiger partial charge in [-0.15, -0.1) is 0 Å². The summed E-state index contributed by atoms with van der Waals surface area (Å²) in [6.07, 6.45) is 18.9. The molecule has 30 heavy (non-hydrogen) atoms. The van der Waals surface area contributed by atoms with Crippen LogP contribution >= 0.6 is 0 Å². The van der Waals surface area contributed by atoms with Crippen molar-refractivity contribution >= 4 is 23.8 Å². The Morgan fingerprint density at radius 3 is 1.77 bits per heavy atom. The van der Waals surface area contributed by atoms with Crippen LogP contribution in [0.25, 0.3) is 0 Å². The lowest BCUT2D eigenvalue weighted by atomic mass is 10.0. The van der Waals surface area contributed by atoms with Gasteiger partial charge in [0.25, 0.3) is 5.91 Å². The molecule has 0 fully saturated rings. The van der Waals surface area contributed by atoms with Gasteiger partial charge in [0.05, 0.1) is 6.54 Å². The Morgan fingerprint density at radius 1 is 0.767 bits per heavy atom. The van der Waals surface area contributed by atoms with Crippen molar-refractivity contribution in [1.29, 1.82) is 0 Å². The second kappa shape index (κ2) is 17.7. The molecular weight excluding hydrogens is 376 g/mol. The summed E-state index contributed by atoms with van der Waals surface area (Å²) in [6, 6.07) is 6.64. The summed E-state index contributed by atoms with van der Waals surface area (Å²) in [5, 5.41) is 5.29. The van der Waals surface area contributed by atoms with Gasteiger partial charge in [0.15, 0.2) is 0 Å². The first-order chi connectivity index (χ1) is 14.7. The van der Waals surface area contributed by atoms with Crippen LogP contribution in [0.15, 0.2) is 24.3 Å². The third-order valence-corrected chi connectivity index (χ3v) is 5.26. The number of benzene rings is 1. The van der Waals surface area contributed by atoms with Gasteiger partial charge in [-0.3, -0.25) is 14.4 Å². The topological polar surface area (TPSA) is 75.3 Å². The highest BCUT2D eigenvalue weighted by atomic mass is 16.2. The van der Waals surface area contributed by atoms with Crippen LogP contribution in [0, 0.1) is 0 Å². The van der Waals surface area contributed by atoms with Gasteiger partial charge < -0.3 is 10.6 Å². The van der Waals surface area contributed by atoms with Gasteiger partial charge in [-0.1, -0.05) is 84.0 Å². The van der Waals surface area contributed by atoms with Crippen LogP contribution in [0.4, 0.5) is 5.69 Å². The Balaban J connectivity index is 2.01. The van der Waals surface area contributed by atoms with Gasteiger partial charge in [0.1, 0.15) is 0 Å². The molecule has 0 aliphatic rings. The number of hydrogen-bond donors (Lipinski definition) is 2. The summed E-state index contributed by atoms with van der Waals surface area (Å²) in [7, 11) is 0. The fourth-order valence-corrected chi connectivity index (χ4v) is 3.45. The van der Waals surface area contributed by atoms with Crippen molar-refractivity contribution < 1.29 is 14.4 Å². The molecule has 1 aromatic rings. The number of carbonyl (C=O) groups is 2.